The number of carbonyl (C=O) groups excluding carboxylic acids is 1. The largest absolute Gasteiger partial charge is 0.378 e. The third-order valence-electron chi connectivity index (χ3n) is 5.27. The van der Waals surface area contributed by atoms with Gasteiger partial charge >= 0.3 is 0 Å². The number of carbonyl (C=O) groups is 1. The number of nitrogens with two attached hydrogens (primary N) is 1. The van der Waals surface area contributed by atoms with Crippen LogP contribution in [-0.4, -0.2) is 29.9 Å². The SMILES string of the molecule is CCOC1CC(N)(C(=O)NC(C)c2ccc(SCC)cc2)C1(C)C. The number of hydrogen-bond donors (Lipinski definition) is 2. The molecule has 1 aromatic carbocycles. The number of thioether (sulfide) groups is 1. The third kappa shape index (κ3) is 3.48. The molecule has 1 aliphatic carbocycles. The van der Waals surface area contributed by atoms with Crippen molar-refractivity contribution >= 4 is 17.7 Å². The fourth-order valence-corrected chi connectivity index (χ4v) is 3.91. The summed E-state index contributed by atoms with van der Waals surface area (Å²) in [6.45, 7) is 10.8. The monoisotopic (exact) mass is 350 g/mol. The van der Waals surface area contributed by atoms with Crippen LogP contribution in [0.25, 0.3) is 0 Å². The molecular formula is C19H30N2O2S. The molecule has 0 heterocycles. The van der Waals surface area contributed by atoms with E-state index in [1.54, 1.807) is 0 Å². The summed E-state index contributed by atoms with van der Waals surface area (Å²) >= 11 is 1.81. The Labute approximate surface area is 149 Å². The van der Waals surface area contributed by atoms with E-state index in [-0.39, 0.29) is 23.5 Å². The molecule has 2 rings (SSSR count). The Balaban J connectivity index is 2.01. The van der Waals surface area contributed by atoms with Crippen molar-refractivity contribution in [1.29, 1.82) is 0 Å². The van der Waals surface area contributed by atoms with Crippen molar-refractivity contribution in [3.63, 3.8) is 0 Å². The topological polar surface area (TPSA) is 64.3 Å². The molecule has 1 aliphatic rings. The maximum Gasteiger partial charge on any atom is 0.241 e. The van der Waals surface area contributed by atoms with Crippen LogP contribution in [0.1, 0.15) is 52.6 Å². The Kier molecular flexibility index (Phi) is 6.00. The van der Waals surface area contributed by atoms with Gasteiger partial charge in [-0.25, -0.2) is 0 Å². The molecule has 1 saturated carbocycles. The molecule has 134 valence electrons. The van der Waals surface area contributed by atoms with Gasteiger partial charge in [-0.2, -0.15) is 0 Å². The molecule has 0 saturated heterocycles. The maximum atomic E-state index is 12.8. The minimum Gasteiger partial charge on any atom is -0.378 e. The number of benzene rings is 1. The van der Waals surface area contributed by atoms with Crippen molar-refractivity contribution in [3.05, 3.63) is 29.8 Å². The van der Waals surface area contributed by atoms with E-state index >= 15 is 0 Å². The average Bonchev–Trinajstić information content (AvgIpc) is 2.55. The molecule has 0 bridgehead atoms. The van der Waals surface area contributed by atoms with E-state index in [1.165, 1.54) is 4.90 Å². The van der Waals surface area contributed by atoms with Crippen LogP contribution in [-0.2, 0) is 9.53 Å². The van der Waals surface area contributed by atoms with Gasteiger partial charge in [0.05, 0.1) is 12.1 Å². The van der Waals surface area contributed by atoms with E-state index in [2.05, 4.69) is 36.5 Å². The summed E-state index contributed by atoms with van der Waals surface area (Å²) in [6, 6.07) is 8.27. The normalized spacial score (nSPS) is 26.5. The molecule has 0 aromatic heterocycles. The highest BCUT2D eigenvalue weighted by atomic mass is 32.2. The zero-order valence-electron chi connectivity index (χ0n) is 15.4. The van der Waals surface area contributed by atoms with Gasteiger partial charge in [-0.3, -0.25) is 4.79 Å². The number of nitrogens with one attached hydrogen (secondary N) is 1. The zero-order valence-corrected chi connectivity index (χ0v) is 16.2. The van der Waals surface area contributed by atoms with Gasteiger partial charge in [-0.05, 0) is 37.3 Å². The minimum atomic E-state index is -0.876. The Morgan fingerprint density at radius 1 is 1.38 bits per heavy atom. The summed E-state index contributed by atoms with van der Waals surface area (Å²) in [5.41, 5.74) is 6.29. The lowest BCUT2D eigenvalue weighted by atomic mass is 9.54. The van der Waals surface area contributed by atoms with Crippen molar-refractivity contribution in [2.24, 2.45) is 11.1 Å². The van der Waals surface area contributed by atoms with Crippen LogP contribution in [0.2, 0.25) is 0 Å². The van der Waals surface area contributed by atoms with E-state index in [1.807, 2.05) is 39.5 Å². The van der Waals surface area contributed by atoms with Crippen molar-refractivity contribution in [2.45, 2.75) is 63.6 Å². The smallest absolute Gasteiger partial charge is 0.241 e. The molecule has 1 aromatic rings. The predicted molar refractivity (Wildman–Crippen MR) is 100 cm³/mol. The number of ether oxygens (including phenoxy) is 1. The van der Waals surface area contributed by atoms with E-state index < -0.39 is 5.54 Å². The van der Waals surface area contributed by atoms with Gasteiger partial charge in [0.1, 0.15) is 5.54 Å². The van der Waals surface area contributed by atoms with Crippen molar-refractivity contribution in [1.82, 2.24) is 5.32 Å². The van der Waals surface area contributed by atoms with Crippen LogP contribution in [0.4, 0.5) is 0 Å². The van der Waals surface area contributed by atoms with Gasteiger partial charge in [0.15, 0.2) is 0 Å². The third-order valence-corrected chi connectivity index (χ3v) is 6.17. The van der Waals surface area contributed by atoms with Crippen LogP contribution in [0.15, 0.2) is 29.2 Å². The summed E-state index contributed by atoms with van der Waals surface area (Å²) < 4.78 is 5.70. The van der Waals surface area contributed by atoms with Crippen LogP contribution >= 0.6 is 11.8 Å². The van der Waals surface area contributed by atoms with Gasteiger partial charge < -0.3 is 15.8 Å². The Morgan fingerprint density at radius 2 is 2.00 bits per heavy atom. The van der Waals surface area contributed by atoms with E-state index in [9.17, 15) is 4.79 Å². The van der Waals surface area contributed by atoms with Gasteiger partial charge in [-0.1, -0.05) is 32.9 Å². The first-order valence-corrected chi connectivity index (χ1v) is 9.69. The molecule has 3 unspecified atom stereocenters. The van der Waals surface area contributed by atoms with Gasteiger partial charge in [0.2, 0.25) is 5.91 Å². The molecule has 0 aliphatic heterocycles. The summed E-state index contributed by atoms with van der Waals surface area (Å²) in [7, 11) is 0. The lowest BCUT2D eigenvalue weighted by Gasteiger charge is -2.57. The highest BCUT2D eigenvalue weighted by Crippen LogP contribution is 2.50. The second-order valence-corrected chi connectivity index (χ2v) is 8.38. The minimum absolute atomic E-state index is 0.0407. The second kappa shape index (κ2) is 7.46. The fraction of sp³-hybridized carbons (Fsp3) is 0.632. The first-order valence-electron chi connectivity index (χ1n) is 8.70. The van der Waals surface area contributed by atoms with Crippen molar-refractivity contribution in [2.75, 3.05) is 12.4 Å². The molecule has 5 heteroatoms. The summed E-state index contributed by atoms with van der Waals surface area (Å²) in [5.74, 6) is 0.959. The van der Waals surface area contributed by atoms with Crippen LogP contribution in [0.5, 0.6) is 0 Å². The molecule has 0 spiro atoms. The summed E-state index contributed by atoms with van der Waals surface area (Å²) in [5, 5.41) is 3.08. The summed E-state index contributed by atoms with van der Waals surface area (Å²) in [4.78, 5) is 14.0. The second-order valence-electron chi connectivity index (χ2n) is 7.04. The van der Waals surface area contributed by atoms with E-state index in [4.69, 9.17) is 10.5 Å². The quantitative estimate of drug-likeness (QED) is 0.739. The predicted octanol–water partition coefficient (Wildman–Crippen LogP) is 3.51. The van der Waals surface area contributed by atoms with E-state index in [0.717, 1.165) is 11.3 Å². The van der Waals surface area contributed by atoms with Crippen molar-refractivity contribution < 1.29 is 9.53 Å². The molecule has 4 nitrogen and oxygen atoms in total. The van der Waals surface area contributed by atoms with Gasteiger partial charge in [0, 0.05) is 23.3 Å². The number of hydrogen-bond acceptors (Lipinski definition) is 4. The Hall–Kier alpha value is -1.04. The fourth-order valence-electron chi connectivity index (χ4n) is 3.25. The van der Waals surface area contributed by atoms with E-state index in [0.29, 0.717) is 13.0 Å². The average molecular weight is 351 g/mol. The van der Waals surface area contributed by atoms with Crippen LogP contribution in [0, 0.1) is 5.41 Å². The molecule has 1 amide bonds. The lowest BCUT2D eigenvalue weighted by molar-refractivity contribution is -0.171. The van der Waals surface area contributed by atoms with Gasteiger partial charge in [-0.15, -0.1) is 11.8 Å². The molecule has 3 N–H and O–H groups in total. The Morgan fingerprint density at radius 3 is 2.50 bits per heavy atom. The van der Waals surface area contributed by atoms with Crippen LogP contribution in [0.3, 0.4) is 0 Å². The maximum absolute atomic E-state index is 12.8. The molecule has 1 fully saturated rings. The standard InChI is InChI=1S/C19H30N2O2S/c1-6-23-16-12-19(20,18(16,4)5)17(22)21-13(3)14-8-10-15(11-9-14)24-7-2/h8-11,13,16H,6-7,12,20H2,1-5H3,(H,21,22). The Bertz CT molecular complexity index is 573. The van der Waals surface area contributed by atoms with Crippen LogP contribution < -0.4 is 11.1 Å². The van der Waals surface area contributed by atoms with Gasteiger partial charge in [0.25, 0.3) is 0 Å². The highest BCUT2D eigenvalue weighted by molar-refractivity contribution is 7.99. The zero-order chi connectivity index (χ0) is 18.0. The number of rotatable bonds is 7. The summed E-state index contributed by atoms with van der Waals surface area (Å²) in [6.07, 6.45) is 0.609. The first-order chi connectivity index (χ1) is 11.3. The number of amides is 1. The molecular weight excluding hydrogens is 320 g/mol. The lowest BCUT2D eigenvalue weighted by Crippen LogP contribution is -2.75. The molecule has 3 atom stereocenters. The van der Waals surface area contributed by atoms with Crippen molar-refractivity contribution in [3.8, 4) is 0 Å². The molecule has 0 radical (unpaired) electrons. The first kappa shape index (κ1) is 19.3. The molecule has 24 heavy (non-hydrogen) atoms. The highest BCUT2D eigenvalue weighted by Gasteiger charge is 2.62.